The van der Waals surface area contributed by atoms with Gasteiger partial charge in [-0.3, -0.25) is 0 Å². The summed E-state index contributed by atoms with van der Waals surface area (Å²) in [5, 5.41) is 17.9. The number of nitriles is 2. The topological polar surface area (TPSA) is 66.0 Å². The van der Waals surface area contributed by atoms with Gasteiger partial charge in [0.2, 0.25) is 0 Å². The zero-order valence-corrected chi connectivity index (χ0v) is 11.0. The molecule has 0 N–H and O–H groups in total. The van der Waals surface area contributed by atoms with Crippen LogP contribution in [0.2, 0.25) is 0 Å². The molecule has 0 saturated heterocycles. The molecule has 0 aromatic heterocycles. The van der Waals surface area contributed by atoms with Crippen molar-refractivity contribution in [3.8, 4) is 23.6 Å². The van der Waals surface area contributed by atoms with Crippen LogP contribution in [0.1, 0.15) is 16.7 Å². The van der Waals surface area contributed by atoms with Crippen molar-refractivity contribution >= 4 is 0 Å². The molecule has 0 fully saturated rings. The smallest absolute Gasteiger partial charge is 0.137 e. The first-order valence-corrected chi connectivity index (χ1v) is 5.97. The van der Waals surface area contributed by atoms with E-state index in [0.717, 1.165) is 5.56 Å². The van der Waals surface area contributed by atoms with Crippen LogP contribution in [0, 0.1) is 22.7 Å². The molecule has 0 saturated carbocycles. The number of hydrogen-bond donors (Lipinski definition) is 0. The number of rotatable bonds is 4. The minimum atomic E-state index is 0.234. The molecule has 98 valence electrons. The van der Waals surface area contributed by atoms with Crippen LogP contribution < -0.4 is 9.47 Å². The Labute approximate surface area is 117 Å². The van der Waals surface area contributed by atoms with Crippen molar-refractivity contribution in [1.29, 1.82) is 10.5 Å². The Hall–Kier alpha value is -2.98. The van der Waals surface area contributed by atoms with Gasteiger partial charge in [0.05, 0.1) is 24.3 Å². The van der Waals surface area contributed by atoms with Crippen LogP contribution in [-0.2, 0) is 6.61 Å². The van der Waals surface area contributed by atoms with E-state index >= 15 is 0 Å². The maximum absolute atomic E-state index is 9.00. The predicted molar refractivity (Wildman–Crippen MR) is 73.2 cm³/mol. The molecule has 0 heterocycles. The molecule has 0 atom stereocenters. The van der Waals surface area contributed by atoms with Crippen molar-refractivity contribution in [3.63, 3.8) is 0 Å². The predicted octanol–water partition coefficient (Wildman–Crippen LogP) is 3.02. The van der Waals surface area contributed by atoms with Crippen LogP contribution in [0.25, 0.3) is 0 Å². The number of hydrogen-bond acceptors (Lipinski definition) is 4. The summed E-state index contributed by atoms with van der Waals surface area (Å²) < 4.78 is 10.9. The number of nitrogens with zero attached hydrogens (tertiary/aromatic N) is 2. The molecule has 0 aliphatic heterocycles. The van der Waals surface area contributed by atoms with Crippen LogP contribution in [0.4, 0.5) is 0 Å². The number of benzene rings is 2. The third-order valence-electron chi connectivity index (χ3n) is 2.80. The number of methoxy groups -OCH3 is 1. The van der Waals surface area contributed by atoms with Gasteiger partial charge in [-0.25, -0.2) is 0 Å². The molecular formula is C16H12N2O2. The summed E-state index contributed by atoms with van der Waals surface area (Å²) in [6.07, 6.45) is 0. The summed E-state index contributed by atoms with van der Waals surface area (Å²) in [6, 6.07) is 16.3. The van der Waals surface area contributed by atoms with Crippen molar-refractivity contribution < 1.29 is 9.47 Å². The molecule has 2 rings (SSSR count). The normalized spacial score (nSPS) is 9.35. The highest BCUT2D eigenvalue weighted by molar-refractivity contribution is 5.44. The monoisotopic (exact) mass is 264 g/mol. The van der Waals surface area contributed by atoms with Crippen molar-refractivity contribution in [3.05, 3.63) is 59.2 Å². The maximum atomic E-state index is 9.00. The van der Waals surface area contributed by atoms with Crippen molar-refractivity contribution in [1.82, 2.24) is 0 Å². The van der Waals surface area contributed by atoms with Gasteiger partial charge < -0.3 is 9.47 Å². The van der Waals surface area contributed by atoms with Gasteiger partial charge in [0.15, 0.2) is 0 Å². The van der Waals surface area contributed by atoms with Crippen LogP contribution in [-0.4, -0.2) is 7.11 Å². The summed E-state index contributed by atoms with van der Waals surface area (Å²) >= 11 is 0. The number of para-hydroxylation sites is 1. The summed E-state index contributed by atoms with van der Waals surface area (Å²) in [5.74, 6) is 1.16. The lowest BCUT2D eigenvalue weighted by Gasteiger charge is -2.11. The van der Waals surface area contributed by atoms with Crippen LogP contribution in [0.15, 0.2) is 42.5 Å². The third-order valence-corrected chi connectivity index (χ3v) is 2.80. The van der Waals surface area contributed by atoms with Crippen LogP contribution >= 0.6 is 0 Å². The Morgan fingerprint density at radius 1 is 1.00 bits per heavy atom. The van der Waals surface area contributed by atoms with E-state index in [1.807, 2.05) is 0 Å². The fourth-order valence-corrected chi connectivity index (χ4v) is 1.80. The zero-order chi connectivity index (χ0) is 14.4. The van der Waals surface area contributed by atoms with Gasteiger partial charge in [-0.1, -0.05) is 12.1 Å². The SMILES string of the molecule is COc1ccc(C#N)cc1COc1ccccc1C#N. The molecule has 4 nitrogen and oxygen atoms in total. The van der Waals surface area contributed by atoms with Gasteiger partial charge in [0.1, 0.15) is 24.2 Å². The van der Waals surface area contributed by atoms with E-state index in [0.29, 0.717) is 22.6 Å². The van der Waals surface area contributed by atoms with E-state index in [9.17, 15) is 0 Å². The Morgan fingerprint density at radius 2 is 1.80 bits per heavy atom. The van der Waals surface area contributed by atoms with Gasteiger partial charge >= 0.3 is 0 Å². The molecular weight excluding hydrogens is 252 g/mol. The molecule has 0 aliphatic rings. The van der Waals surface area contributed by atoms with Crippen molar-refractivity contribution in [2.75, 3.05) is 7.11 Å². The highest BCUT2D eigenvalue weighted by Gasteiger charge is 2.07. The van der Waals surface area contributed by atoms with Crippen LogP contribution in [0.3, 0.4) is 0 Å². The largest absolute Gasteiger partial charge is 0.496 e. The lowest BCUT2D eigenvalue weighted by molar-refractivity contribution is 0.296. The molecule has 0 spiro atoms. The lowest BCUT2D eigenvalue weighted by atomic mass is 10.1. The van der Waals surface area contributed by atoms with E-state index < -0.39 is 0 Å². The third kappa shape index (κ3) is 2.88. The van der Waals surface area contributed by atoms with E-state index in [-0.39, 0.29) is 6.61 Å². The van der Waals surface area contributed by atoms with Gasteiger partial charge in [-0.05, 0) is 30.3 Å². The molecule has 2 aromatic rings. The van der Waals surface area contributed by atoms with E-state index in [4.69, 9.17) is 20.0 Å². The van der Waals surface area contributed by atoms with Gasteiger partial charge in [0.25, 0.3) is 0 Å². The Balaban J connectivity index is 2.23. The highest BCUT2D eigenvalue weighted by atomic mass is 16.5. The first-order valence-electron chi connectivity index (χ1n) is 5.97. The van der Waals surface area contributed by atoms with Crippen molar-refractivity contribution in [2.24, 2.45) is 0 Å². The lowest BCUT2D eigenvalue weighted by Crippen LogP contribution is -2.00. The van der Waals surface area contributed by atoms with Gasteiger partial charge in [-0.15, -0.1) is 0 Å². The maximum Gasteiger partial charge on any atom is 0.137 e. The molecule has 0 aliphatic carbocycles. The fourth-order valence-electron chi connectivity index (χ4n) is 1.80. The van der Waals surface area contributed by atoms with E-state index in [2.05, 4.69) is 12.1 Å². The number of ether oxygens (including phenoxy) is 2. The first kappa shape index (κ1) is 13.5. The first-order chi connectivity index (χ1) is 9.78. The molecule has 0 bridgehead atoms. The minimum Gasteiger partial charge on any atom is -0.496 e. The average Bonchev–Trinajstić information content (AvgIpc) is 2.52. The van der Waals surface area contributed by atoms with Crippen LogP contribution in [0.5, 0.6) is 11.5 Å². The molecule has 0 unspecified atom stereocenters. The minimum absolute atomic E-state index is 0.234. The second-order valence-corrected chi connectivity index (χ2v) is 4.04. The zero-order valence-electron chi connectivity index (χ0n) is 11.0. The molecule has 0 amide bonds. The van der Waals surface area contributed by atoms with E-state index in [1.165, 1.54) is 0 Å². The summed E-state index contributed by atoms with van der Waals surface area (Å²) in [5.41, 5.74) is 1.78. The second-order valence-electron chi connectivity index (χ2n) is 4.04. The summed E-state index contributed by atoms with van der Waals surface area (Å²) in [6.45, 7) is 0.234. The van der Waals surface area contributed by atoms with Gasteiger partial charge in [0, 0.05) is 5.56 Å². The highest BCUT2D eigenvalue weighted by Crippen LogP contribution is 2.23. The molecule has 2 aromatic carbocycles. The summed E-state index contributed by atoms with van der Waals surface area (Å²) in [7, 11) is 1.56. The molecule has 0 radical (unpaired) electrons. The molecule has 20 heavy (non-hydrogen) atoms. The Bertz CT molecular complexity index is 696. The van der Waals surface area contributed by atoms with E-state index in [1.54, 1.807) is 49.6 Å². The average molecular weight is 264 g/mol. The summed E-state index contributed by atoms with van der Waals surface area (Å²) in [4.78, 5) is 0. The standard InChI is InChI=1S/C16H12N2O2/c1-19-15-7-6-12(9-17)8-14(15)11-20-16-5-3-2-4-13(16)10-18/h2-8H,11H2,1H3. The quantitative estimate of drug-likeness (QED) is 0.851. The Kier molecular flexibility index (Phi) is 4.21. The van der Waals surface area contributed by atoms with Crippen molar-refractivity contribution in [2.45, 2.75) is 6.61 Å². The second kappa shape index (κ2) is 6.26. The Morgan fingerprint density at radius 3 is 2.50 bits per heavy atom. The fraction of sp³-hybridized carbons (Fsp3) is 0.125. The van der Waals surface area contributed by atoms with Gasteiger partial charge in [-0.2, -0.15) is 10.5 Å². The molecule has 4 heteroatoms.